The Bertz CT molecular complexity index is 488. The van der Waals surface area contributed by atoms with Crippen LogP contribution in [0.15, 0.2) is 24.3 Å². The normalized spacial score (nSPS) is 19.7. The zero-order valence-corrected chi connectivity index (χ0v) is 10.6. The number of benzene rings is 1. The molecule has 1 aromatic rings. The van der Waals surface area contributed by atoms with Crippen LogP contribution in [0, 0.1) is 0 Å². The van der Waals surface area contributed by atoms with E-state index in [2.05, 4.69) is 4.90 Å². The fourth-order valence-corrected chi connectivity index (χ4v) is 2.62. The zero-order chi connectivity index (χ0) is 13.4. The predicted octanol–water partition coefficient (Wildman–Crippen LogP) is 0.349. The maximum Gasteiger partial charge on any atom is 0.261 e. The van der Waals surface area contributed by atoms with Crippen molar-refractivity contribution in [1.82, 2.24) is 9.80 Å². The minimum Gasteiger partial charge on any atom is -0.390 e. The van der Waals surface area contributed by atoms with Gasteiger partial charge in [0.15, 0.2) is 0 Å². The summed E-state index contributed by atoms with van der Waals surface area (Å²) >= 11 is 0. The van der Waals surface area contributed by atoms with E-state index in [1.165, 1.54) is 4.90 Å². The van der Waals surface area contributed by atoms with Gasteiger partial charge in [-0.3, -0.25) is 19.4 Å². The van der Waals surface area contributed by atoms with Gasteiger partial charge in [-0.25, -0.2) is 0 Å². The van der Waals surface area contributed by atoms with Crippen LogP contribution >= 0.6 is 0 Å². The smallest absolute Gasteiger partial charge is 0.261 e. The largest absolute Gasteiger partial charge is 0.390 e. The molecule has 0 radical (unpaired) electrons. The highest BCUT2D eigenvalue weighted by molar-refractivity contribution is 6.21. The molecule has 0 aliphatic carbocycles. The molecule has 0 atom stereocenters. The van der Waals surface area contributed by atoms with Gasteiger partial charge in [0, 0.05) is 26.2 Å². The first-order chi connectivity index (χ1) is 9.16. The molecule has 5 nitrogen and oxygen atoms in total. The first kappa shape index (κ1) is 12.3. The standard InChI is InChI=1S/C14H16N2O3/c17-10-8-15(9-10)6-3-7-16-13(18)11-4-1-2-5-12(11)14(16)19/h1-2,4-5,10,17H,3,6-9H2. The second-order valence-corrected chi connectivity index (χ2v) is 5.07. The van der Waals surface area contributed by atoms with Crippen molar-refractivity contribution in [2.24, 2.45) is 0 Å². The Morgan fingerprint density at radius 3 is 2.16 bits per heavy atom. The van der Waals surface area contributed by atoms with Gasteiger partial charge in [0.1, 0.15) is 0 Å². The number of aliphatic hydroxyl groups excluding tert-OH is 1. The number of aliphatic hydroxyl groups is 1. The predicted molar refractivity (Wildman–Crippen MR) is 68.9 cm³/mol. The summed E-state index contributed by atoms with van der Waals surface area (Å²) in [6.45, 7) is 2.65. The average molecular weight is 260 g/mol. The lowest BCUT2D eigenvalue weighted by Crippen LogP contribution is -2.51. The maximum atomic E-state index is 12.1. The monoisotopic (exact) mass is 260 g/mol. The van der Waals surface area contributed by atoms with Gasteiger partial charge in [-0.1, -0.05) is 12.1 Å². The van der Waals surface area contributed by atoms with Crippen molar-refractivity contribution in [2.75, 3.05) is 26.2 Å². The minimum atomic E-state index is -0.209. The number of hydrogen-bond donors (Lipinski definition) is 1. The van der Waals surface area contributed by atoms with Gasteiger partial charge in [0.25, 0.3) is 11.8 Å². The van der Waals surface area contributed by atoms with Crippen LogP contribution in [0.5, 0.6) is 0 Å². The van der Waals surface area contributed by atoms with Crippen molar-refractivity contribution in [1.29, 1.82) is 0 Å². The van der Waals surface area contributed by atoms with Crippen molar-refractivity contribution in [3.63, 3.8) is 0 Å². The molecule has 100 valence electrons. The highest BCUT2D eigenvalue weighted by Crippen LogP contribution is 2.22. The van der Waals surface area contributed by atoms with Crippen molar-refractivity contribution < 1.29 is 14.7 Å². The summed E-state index contributed by atoms with van der Waals surface area (Å²) in [5.74, 6) is -0.381. The van der Waals surface area contributed by atoms with E-state index in [0.717, 1.165) is 13.0 Å². The summed E-state index contributed by atoms with van der Waals surface area (Å²) in [6.07, 6.45) is 0.539. The van der Waals surface area contributed by atoms with Gasteiger partial charge in [0.05, 0.1) is 17.2 Å². The van der Waals surface area contributed by atoms with Crippen LogP contribution in [0.25, 0.3) is 0 Å². The molecule has 0 bridgehead atoms. The van der Waals surface area contributed by atoms with E-state index >= 15 is 0 Å². The quantitative estimate of drug-likeness (QED) is 0.794. The van der Waals surface area contributed by atoms with Crippen LogP contribution in [0.1, 0.15) is 27.1 Å². The van der Waals surface area contributed by atoms with Crippen molar-refractivity contribution >= 4 is 11.8 Å². The number of β-amino-alcohol motifs (C(OH)–C–C–N with tert-alkyl or cyclic N) is 1. The minimum absolute atomic E-state index is 0.191. The lowest BCUT2D eigenvalue weighted by molar-refractivity contribution is 0.000660. The molecular weight excluding hydrogens is 244 g/mol. The van der Waals surface area contributed by atoms with Crippen molar-refractivity contribution in [3.8, 4) is 0 Å². The molecule has 19 heavy (non-hydrogen) atoms. The molecular formula is C14H16N2O3. The fourth-order valence-electron chi connectivity index (χ4n) is 2.62. The fraction of sp³-hybridized carbons (Fsp3) is 0.429. The number of imide groups is 1. The van der Waals surface area contributed by atoms with Crippen LogP contribution < -0.4 is 0 Å². The van der Waals surface area contributed by atoms with E-state index in [1.807, 2.05) is 0 Å². The van der Waals surface area contributed by atoms with Crippen LogP contribution in [0.3, 0.4) is 0 Å². The van der Waals surface area contributed by atoms with Gasteiger partial charge in [-0.05, 0) is 18.6 Å². The van der Waals surface area contributed by atoms with Crippen LogP contribution in [-0.4, -0.2) is 59.0 Å². The first-order valence-electron chi connectivity index (χ1n) is 6.52. The van der Waals surface area contributed by atoms with Crippen LogP contribution in [0.2, 0.25) is 0 Å². The summed E-state index contributed by atoms with van der Waals surface area (Å²) in [4.78, 5) is 27.6. The van der Waals surface area contributed by atoms with E-state index in [4.69, 9.17) is 0 Å². The molecule has 2 aliphatic heterocycles. The lowest BCUT2D eigenvalue weighted by Gasteiger charge is -2.36. The SMILES string of the molecule is O=C1c2ccccc2C(=O)N1CCCN1CC(O)C1. The van der Waals surface area contributed by atoms with Gasteiger partial charge in [-0.2, -0.15) is 0 Å². The third kappa shape index (κ3) is 2.15. The lowest BCUT2D eigenvalue weighted by atomic mass is 10.1. The van der Waals surface area contributed by atoms with Crippen LogP contribution in [-0.2, 0) is 0 Å². The first-order valence-corrected chi connectivity index (χ1v) is 6.52. The summed E-state index contributed by atoms with van der Waals surface area (Å²) in [5, 5.41) is 9.17. The molecule has 2 amide bonds. The number of nitrogens with zero attached hydrogens (tertiary/aromatic N) is 2. The Balaban J connectivity index is 1.58. The number of fused-ring (bicyclic) bond motifs is 1. The zero-order valence-electron chi connectivity index (χ0n) is 10.6. The van der Waals surface area contributed by atoms with Gasteiger partial charge < -0.3 is 5.11 Å². The number of carbonyl (C=O) groups excluding carboxylic acids is 2. The summed E-state index contributed by atoms with van der Waals surface area (Å²) in [7, 11) is 0. The molecule has 0 spiro atoms. The van der Waals surface area contributed by atoms with Gasteiger partial charge in [0.2, 0.25) is 0 Å². The maximum absolute atomic E-state index is 12.1. The molecule has 1 fully saturated rings. The Morgan fingerprint density at radius 1 is 1.05 bits per heavy atom. The molecule has 1 saturated heterocycles. The molecule has 1 N–H and O–H groups in total. The van der Waals surface area contributed by atoms with E-state index in [-0.39, 0.29) is 17.9 Å². The van der Waals surface area contributed by atoms with Crippen molar-refractivity contribution in [3.05, 3.63) is 35.4 Å². The molecule has 0 aromatic heterocycles. The second-order valence-electron chi connectivity index (χ2n) is 5.07. The second kappa shape index (κ2) is 4.75. The molecule has 2 heterocycles. The third-order valence-electron chi connectivity index (χ3n) is 3.67. The molecule has 0 saturated carbocycles. The molecule has 0 unspecified atom stereocenters. The average Bonchev–Trinajstić information content (AvgIpc) is 2.62. The number of rotatable bonds is 4. The van der Waals surface area contributed by atoms with Crippen molar-refractivity contribution in [2.45, 2.75) is 12.5 Å². The summed E-state index contributed by atoms with van der Waals surface area (Å²) in [5.41, 5.74) is 1.01. The Hall–Kier alpha value is -1.72. The van der Waals surface area contributed by atoms with Gasteiger partial charge >= 0.3 is 0 Å². The molecule has 5 heteroatoms. The van der Waals surface area contributed by atoms with E-state index in [1.54, 1.807) is 24.3 Å². The number of amides is 2. The topological polar surface area (TPSA) is 60.9 Å². The highest BCUT2D eigenvalue weighted by atomic mass is 16.3. The summed E-state index contributed by atoms with van der Waals surface area (Å²) in [6, 6.07) is 6.94. The van der Waals surface area contributed by atoms with Crippen LogP contribution in [0.4, 0.5) is 0 Å². The molecule has 2 aliphatic rings. The number of likely N-dealkylation sites (tertiary alicyclic amines) is 1. The Morgan fingerprint density at radius 2 is 1.63 bits per heavy atom. The number of carbonyl (C=O) groups is 2. The van der Waals surface area contributed by atoms with Gasteiger partial charge in [-0.15, -0.1) is 0 Å². The molecule has 3 rings (SSSR count). The van der Waals surface area contributed by atoms with E-state index in [0.29, 0.717) is 30.8 Å². The Labute approximate surface area is 111 Å². The van der Waals surface area contributed by atoms with E-state index < -0.39 is 0 Å². The van der Waals surface area contributed by atoms with E-state index in [9.17, 15) is 14.7 Å². The third-order valence-corrected chi connectivity index (χ3v) is 3.67. The highest BCUT2D eigenvalue weighted by Gasteiger charge is 2.34. The Kier molecular flexibility index (Phi) is 3.08. The number of hydrogen-bond acceptors (Lipinski definition) is 4. The molecule has 1 aromatic carbocycles. The summed E-state index contributed by atoms with van der Waals surface area (Å²) < 4.78 is 0.